The normalized spacial score (nSPS) is 11.5. The van der Waals surface area contributed by atoms with Crippen LogP contribution in [-0.4, -0.2) is 28.4 Å². The summed E-state index contributed by atoms with van der Waals surface area (Å²) in [6, 6.07) is 4.96. The summed E-state index contributed by atoms with van der Waals surface area (Å²) in [6.07, 6.45) is -0.0233. The summed E-state index contributed by atoms with van der Waals surface area (Å²) >= 11 is 0. The highest BCUT2D eigenvalue weighted by atomic mass is 16.6. The van der Waals surface area contributed by atoms with Gasteiger partial charge < -0.3 is 9.47 Å². The van der Waals surface area contributed by atoms with Crippen molar-refractivity contribution < 1.29 is 19.1 Å². The first kappa shape index (κ1) is 17.7. The van der Waals surface area contributed by atoms with Crippen LogP contribution in [0.25, 0.3) is 0 Å². The summed E-state index contributed by atoms with van der Waals surface area (Å²) < 4.78 is 10.4. The summed E-state index contributed by atoms with van der Waals surface area (Å²) in [5.41, 5.74) is 0.952. The number of amides is 2. The Balaban J connectivity index is 2.93. The molecule has 0 aliphatic rings. The summed E-state index contributed by atoms with van der Waals surface area (Å²) in [5.74, 6) is 0.225. The third kappa shape index (κ3) is 6.43. The number of nitrogens with one attached hydrogen (secondary N) is 1. The molecule has 0 spiro atoms. The number of nitrogens with zero attached hydrogens (tertiary/aromatic N) is 2. The van der Waals surface area contributed by atoms with Crippen LogP contribution in [0.3, 0.4) is 0 Å². The van der Waals surface area contributed by atoms with Crippen molar-refractivity contribution in [3.8, 4) is 0 Å². The number of ether oxygens (including phenoxy) is 2. The van der Waals surface area contributed by atoms with Gasteiger partial charge in [0.25, 0.3) is 0 Å². The Bertz CT molecular complexity index is 518. The number of hydrazine groups is 1. The molecule has 0 aliphatic heterocycles. The van der Waals surface area contributed by atoms with E-state index in [1.807, 2.05) is 0 Å². The SMILES string of the molecule is CC(C)(C)OC(=O)NN(C(=O)OC(C)(C)C)c1ccccn1. The fourth-order valence-electron chi connectivity index (χ4n) is 1.38. The van der Waals surface area contributed by atoms with Gasteiger partial charge in [0.2, 0.25) is 0 Å². The lowest BCUT2D eigenvalue weighted by Gasteiger charge is -2.28. The summed E-state index contributed by atoms with van der Waals surface area (Å²) in [7, 11) is 0. The lowest BCUT2D eigenvalue weighted by molar-refractivity contribution is 0.0424. The van der Waals surface area contributed by atoms with Crippen LogP contribution in [0.4, 0.5) is 15.4 Å². The molecule has 0 saturated heterocycles. The van der Waals surface area contributed by atoms with Gasteiger partial charge in [0.05, 0.1) is 0 Å². The molecular weight excluding hydrogens is 286 g/mol. The first-order chi connectivity index (χ1) is 9.98. The van der Waals surface area contributed by atoms with Crippen molar-refractivity contribution in [3.05, 3.63) is 24.4 Å². The van der Waals surface area contributed by atoms with Gasteiger partial charge in [-0.3, -0.25) is 0 Å². The predicted octanol–water partition coefficient (Wildman–Crippen LogP) is 3.26. The van der Waals surface area contributed by atoms with Gasteiger partial charge in [-0.25, -0.2) is 20.0 Å². The molecule has 1 N–H and O–H groups in total. The third-order valence-corrected chi connectivity index (χ3v) is 2.06. The van der Waals surface area contributed by atoms with E-state index in [1.54, 1.807) is 59.7 Å². The lowest BCUT2D eigenvalue weighted by Crippen LogP contribution is -2.50. The largest absolute Gasteiger partial charge is 0.443 e. The molecule has 1 rings (SSSR count). The third-order valence-electron chi connectivity index (χ3n) is 2.06. The van der Waals surface area contributed by atoms with E-state index in [4.69, 9.17) is 9.47 Å². The molecule has 1 heterocycles. The van der Waals surface area contributed by atoms with E-state index in [2.05, 4.69) is 10.4 Å². The van der Waals surface area contributed by atoms with Crippen molar-refractivity contribution in [2.45, 2.75) is 52.7 Å². The van der Waals surface area contributed by atoms with E-state index in [-0.39, 0.29) is 5.82 Å². The number of pyridine rings is 1. The van der Waals surface area contributed by atoms with Gasteiger partial charge in [0, 0.05) is 6.20 Å². The molecule has 0 saturated carbocycles. The Hall–Kier alpha value is -2.31. The molecule has 22 heavy (non-hydrogen) atoms. The predicted molar refractivity (Wildman–Crippen MR) is 82.3 cm³/mol. The summed E-state index contributed by atoms with van der Waals surface area (Å²) in [4.78, 5) is 28.2. The lowest BCUT2D eigenvalue weighted by atomic mass is 10.2. The average Bonchev–Trinajstić information content (AvgIpc) is 2.32. The molecule has 0 unspecified atom stereocenters. The molecule has 0 radical (unpaired) electrons. The number of hydrogen-bond donors (Lipinski definition) is 1. The maximum absolute atomic E-state index is 12.3. The maximum atomic E-state index is 12.3. The minimum atomic E-state index is -0.774. The molecule has 0 bridgehead atoms. The van der Waals surface area contributed by atoms with Crippen LogP contribution in [0.1, 0.15) is 41.5 Å². The van der Waals surface area contributed by atoms with Crippen molar-refractivity contribution in [1.82, 2.24) is 10.4 Å². The van der Waals surface area contributed by atoms with Crippen molar-refractivity contribution in [1.29, 1.82) is 0 Å². The van der Waals surface area contributed by atoms with Crippen molar-refractivity contribution in [2.75, 3.05) is 5.01 Å². The quantitative estimate of drug-likeness (QED) is 0.805. The average molecular weight is 309 g/mol. The van der Waals surface area contributed by atoms with E-state index in [1.165, 1.54) is 6.20 Å². The van der Waals surface area contributed by atoms with Gasteiger partial charge in [-0.1, -0.05) is 6.07 Å². The summed E-state index contributed by atoms with van der Waals surface area (Å²) in [6.45, 7) is 10.4. The summed E-state index contributed by atoms with van der Waals surface area (Å²) in [5, 5.41) is 0.916. The van der Waals surface area contributed by atoms with Crippen molar-refractivity contribution in [3.63, 3.8) is 0 Å². The number of carbonyl (C=O) groups excluding carboxylic acids is 2. The minimum absolute atomic E-state index is 0.225. The molecule has 0 aromatic carbocycles. The van der Waals surface area contributed by atoms with Crippen LogP contribution >= 0.6 is 0 Å². The fraction of sp³-hybridized carbons (Fsp3) is 0.533. The standard InChI is InChI=1S/C15H23N3O4/c1-14(2,3)21-12(19)17-18(11-9-7-8-10-16-11)13(20)22-15(4,5)6/h7-10H,1-6H3,(H,17,19). The van der Waals surface area contributed by atoms with Gasteiger partial charge in [0.15, 0.2) is 5.82 Å². The van der Waals surface area contributed by atoms with Gasteiger partial charge in [-0.2, -0.15) is 5.01 Å². The van der Waals surface area contributed by atoms with Crippen LogP contribution in [0.5, 0.6) is 0 Å². The molecule has 2 amide bonds. The molecule has 122 valence electrons. The zero-order chi connectivity index (χ0) is 17.0. The van der Waals surface area contributed by atoms with Gasteiger partial charge in [0.1, 0.15) is 11.2 Å². The molecule has 7 heteroatoms. The number of rotatable bonds is 1. The molecule has 0 fully saturated rings. The highest BCUT2D eigenvalue weighted by Gasteiger charge is 2.27. The van der Waals surface area contributed by atoms with E-state index in [0.29, 0.717) is 0 Å². The van der Waals surface area contributed by atoms with Crippen LogP contribution in [-0.2, 0) is 9.47 Å². The van der Waals surface area contributed by atoms with Crippen molar-refractivity contribution in [2.24, 2.45) is 0 Å². The fourth-order valence-corrected chi connectivity index (χ4v) is 1.38. The first-order valence-electron chi connectivity index (χ1n) is 6.92. The number of aromatic nitrogens is 1. The van der Waals surface area contributed by atoms with Crippen LogP contribution in [0.2, 0.25) is 0 Å². The Morgan fingerprint density at radius 1 is 1.05 bits per heavy atom. The topological polar surface area (TPSA) is 80.8 Å². The van der Waals surface area contributed by atoms with E-state index in [0.717, 1.165) is 5.01 Å². The molecule has 0 aliphatic carbocycles. The minimum Gasteiger partial charge on any atom is -0.443 e. The zero-order valence-corrected chi connectivity index (χ0v) is 13.8. The van der Waals surface area contributed by atoms with Gasteiger partial charge in [-0.15, -0.1) is 0 Å². The molecular formula is C15H23N3O4. The maximum Gasteiger partial charge on any atom is 0.435 e. The number of hydrogen-bond acceptors (Lipinski definition) is 5. The highest BCUT2D eigenvalue weighted by molar-refractivity contribution is 5.89. The van der Waals surface area contributed by atoms with Crippen LogP contribution in [0.15, 0.2) is 24.4 Å². The second kappa shape index (κ2) is 6.64. The van der Waals surface area contributed by atoms with Crippen molar-refractivity contribution >= 4 is 18.0 Å². The molecule has 7 nitrogen and oxygen atoms in total. The van der Waals surface area contributed by atoms with E-state index >= 15 is 0 Å². The Labute approximate surface area is 130 Å². The number of anilines is 1. The smallest absolute Gasteiger partial charge is 0.435 e. The second-order valence-corrected chi connectivity index (χ2v) is 6.62. The number of carbonyl (C=O) groups is 2. The highest BCUT2D eigenvalue weighted by Crippen LogP contribution is 2.15. The van der Waals surface area contributed by atoms with Crippen LogP contribution < -0.4 is 10.4 Å². The van der Waals surface area contributed by atoms with E-state index in [9.17, 15) is 9.59 Å². The Morgan fingerprint density at radius 3 is 2.09 bits per heavy atom. The molecule has 0 atom stereocenters. The van der Waals surface area contributed by atoms with Crippen LogP contribution in [0, 0.1) is 0 Å². The Morgan fingerprint density at radius 2 is 1.64 bits per heavy atom. The second-order valence-electron chi connectivity index (χ2n) is 6.62. The van der Waals surface area contributed by atoms with Gasteiger partial charge >= 0.3 is 12.2 Å². The first-order valence-corrected chi connectivity index (χ1v) is 6.92. The molecule has 1 aromatic rings. The van der Waals surface area contributed by atoms with Gasteiger partial charge in [-0.05, 0) is 53.7 Å². The van der Waals surface area contributed by atoms with E-state index < -0.39 is 23.4 Å². The molecule has 1 aromatic heterocycles. The monoisotopic (exact) mass is 309 g/mol. The Kier molecular flexibility index (Phi) is 5.35. The zero-order valence-electron chi connectivity index (χ0n) is 13.8.